The van der Waals surface area contributed by atoms with E-state index in [4.69, 9.17) is 21.1 Å². The summed E-state index contributed by atoms with van der Waals surface area (Å²) < 4.78 is 40.6. The summed E-state index contributed by atoms with van der Waals surface area (Å²) in [5.41, 5.74) is 0.907. The first-order chi connectivity index (χ1) is 16.7. The minimum atomic E-state index is -0.709. The SMILES string of the molecule is CC(c1ccc(F)cc1Cl)N1C[C@H](Oc2cc(F)c(C(=O)OC(C)(C)C)cc2C2CC2)CC(C)(C)C1. The van der Waals surface area contributed by atoms with Crippen LogP contribution in [0.4, 0.5) is 8.78 Å². The van der Waals surface area contributed by atoms with Crippen molar-refractivity contribution in [2.45, 2.75) is 84.5 Å². The van der Waals surface area contributed by atoms with Crippen LogP contribution in [0.25, 0.3) is 0 Å². The molecule has 4 rings (SSSR count). The largest absolute Gasteiger partial charge is 0.489 e. The van der Waals surface area contributed by atoms with Crippen molar-refractivity contribution in [1.29, 1.82) is 0 Å². The smallest absolute Gasteiger partial charge is 0.341 e. The molecule has 7 heteroatoms. The fourth-order valence-electron chi connectivity index (χ4n) is 5.09. The van der Waals surface area contributed by atoms with Crippen molar-refractivity contribution < 1.29 is 23.0 Å². The van der Waals surface area contributed by atoms with Crippen molar-refractivity contribution in [3.05, 3.63) is 63.7 Å². The second-order valence-electron chi connectivity index (χ2n) is 12.0. The highest BCUT2D eigenvalue weighted by molar-refractivity contribution is 6.31. The van der Waals surface area contributed by atoms with Gasteiger partial charge in [0.05, 0.1) is 5.56 Å². The molecule has 1 saturated carbocycles. The fourth-order valence-corrected chi connectivity index (χ4v) is 5.41. The van der Waals surface area contributed by atoms with Crippen LogP contribution in [-0.2, 0) is 4.74 Å². The van der Waals surface area contributed by atoms with Crippen LogP contribution in [0.2, 0.25) is 5.02 Å². The number of esters is 1. The molecule has 0 aromatic heterocycles. The number of carbonyl (C=O) groups excluding carboxylic acids is 1. The summed E-state index contributed by atoms with van der Waals surface area (Å²) in [5.74, 6) is -0.907. The number of hydrogen-bond donors (Lipinski definition) is 0. The van der Waals surface area contributed by atoms with Crippen LogP contribution < -0.4 is 4.74 Å². The number of piperidine rings is 1. The van der Waals surface area contributed by atoms with Gasteiger partial charge in [0.2, 0.25) is 0 Å². The third-order valence-electron chi connectivity index (χ3n) is 6.84. The molecule has 0 bridgehead atoms. The van der Waals surface area contributed by atoms with Gasteiger partial charge < -0.3 is 9.47 Å². The fraction of sp³-hybridized carbons (Fsp3) is 0.552. The van der Waals surface area contributed by atoms with E-state index in [9.17, 15) is 9.18 Å². The van der Waals surface area contributed by atoms with E-state index in [-0.39, 0.29) is 34.9 Å². The van der Waals surface area contributed by atoms with Crippen molar-refractivity contribution in [2.75, 3.05) is 13.1 Å². The maximum absolute atomic E-state index is 15.1. The molecule has 0 radical (unpaired) electrons. The number of carbonyl (C=O) groups is 1. The minimum absolute atomic E-state index is 0.0436. The van der Waals surface area contributed by atoms with Crippen LogP contribution in [0, 0.1) is 17.0 Å². The summed E-state index contributed by atoms with van der Waals surface area (Å²) in [6.45, 7) is 13.2. The van der Waals surface area contributed by atoms with E-state index in [2.05, 4.69) is 25.7 Å². The number of nitrogens with zero attached hydrogens (tertiary/aromatic N) is 1. The summed E-state index contributed by atoms with van der Waals surface area (Å²) in [6, 6.07) is 7.42. The molecule has 0 amide bonds. The molecule has 2 aliphatic rings. The van der Waals surface area contributed by atoms with E-state index >= 15 is 4.39 Å². The molecule has 2 atom stereocenters. The standard InChI is InChI=1S/C29H36ClF2NO3/c1-17(21-10-9-19(31)11-24(21)30)33-15-20(14-29(5,6)16-33)35-26-13-25(32)23(12-22(26)18-7-8-18)27(34)36-28(2,3)4/h9-13,17-18,20H,7-8,14-16H2,1-6H3/t17?,20-/m1/s1. The van der Waals surface area contributed by atoms with Crippen molar-refractivity contribution >= 4 is 17.6 Å². The van der Waals surface area contributed by atoms with E-state index in [1.54, 1.807) is 32.9 Å². The van der Waals surface area contributed by atoms with E-state index in [0.717, 1.165) is 36.9 Å². The summed E-state index contributed by atoms with van der Waals surface area (Å²) in [5, 5.41) is 0.402. The topological polar surface area (TPSA) is 38.8 Å². The zero-order valence-corrected chi connectivity index (χ0v) is 22.7. The lowest BCUT2D eigenvalue weighted by Crippen LogP contribution is -2.50. The lowest BCUT2D eigenvalue weighted by Gasteiger charge is -2.45. The Labute approximate surface area is 217 Å². The van der Waals surface area contributed by atoms with Crippen LogP contribution >= 0.6 is 11.6 Å². The van der Waals surface area contributed by atoms with Crippen LogP contribution in [0.15, 0.2) is 30.3 Å². The Bertz CT molecular complexity index is 1140. The molecule has 36 heavy (non-hydrogen) atoms. The number of halogens is 3. The number of likely N-dealkylation sites (tertiary alicyclic amines) is 1. The van der Waals surface area contributed by atoms with Crippen LogP contribution in [0.3, 0.4) is 0 Å². The Morgan fingerprint density at radius 1 is 1.17 bits per heavy atom. The highest BCUT2D eigenvalue weighted by atomic mass is 35.5. The Kier molecular flexibility index (Phi) is 7.42. The molecule has 1 aliphatic heterocycles. The van der Waals surface area contributed by atoms with Gasteiger partial charge in [-0.1, -0.05) is 31.5 Å². The third kappa shape index (κ3) is 6.38. The van der Waals surface area contributed by atoms with Gasteiger partial charge in [0, 0.05) is 30.2 Å². The van der Waals surface area contributed by atoms with E-state index < -0.39 is 17.4 Å². The molecule has 2 fully saturated rings. The lowest BCUT2D eigenvalue weighted by molar-refractivity contribution is 0.000593. The van der Waals surface area contributed by atoms with Crippen molar-refractivity contribution in [2.24, 2.45) is 5.41 Å². The van der Waals surface area contributed by atoms with Crippen LogP contribution in [0.1, 0.15) is 94.2 Å². The van der Waals surface area contributed by atoms with Gasteiger partial charge >= 0.3 is 5.97 Å². The number of ether oxygens (including phenoxy) is 2. The molecule has 4 nitrogen and oxygen atoms in total. The maximum atomic E-state index is 15.1. The normalized spacial score (nSPS) is 21.2. The average molecular weight is 520 g/mol. The van der Waals surface area contributed by atoms with Gasteiger partial charge in [-0.05, 0) is 87.6 Å². The summed E-state index contributed by atoms with van der Waals surface area (Å²) in [6.07, 6.45) is 2.59. The lowest BCUT2D eigenvalue weighted by atomic mass is 9.81. The van der Waals surface area contributed by atoms with Crippen molar-refractivity contribution in [3.8, 4) is 5.75 Å². The zero-order valence-electron chi connectivity index (χ0n) is 22.0. The highest BCUT2D eigenvalue weighted by Crippen LogP contribution is 2.46. The first kappa shape index (κ1) is 26.9. The predicted octanol–water partition coefficient (Wildman–Crippen LogP) is 7.69. The summed E-state index contributed by atoms with van der Waals surface area (Å²) in [4.78, 5) is 14.9. The van der Waals surface area contributed by atoms with Gasteiger partial charge in [0.1, 0.15) is 29.1 Å². The van der Waals surface area contributed by atoms with Crippen molar-refractivity contribution in [1.82, 2.24) is 4.90 Å². The van der Waals surface area contributed by atoms with Crippen LogP contribution in [0.5, 0.6) is 5.75 Å². The molecule has 1 heterocycles. The van der Waals surface area contributed by atoms with E-state index in [1.807, 2.05) is 0 Å². The van der Waals surface area contributed by atoms with Crippen molar-refractivity contribution in [3.63, 3.8) is 0 Å². The summed E-state index contributed by atoms with van der Waals surface area (Å²) >= 11 is 6.36. The first-order valence-electron chi connectivity index (χ1n) is 12.6. The van der Waals surface area contributed by atoms with Gasteiger partial charge in [-0.3, -0.25) is 4.90 Å². The Balaban J connectivity index is 1.58. The van der Waals surface area contributed by atoms with E-state index in [0.29, 0.717) is 17.3 Å². The maximum Gasteiger partial charge on any atom is 0.341 e. The number of hydrogen-bond acceptors (Lipinski definition) is 4. The second kappa shape index (κ2) is 9.94. The molecular weight excluding hydrogens is 484 g/mol. The predicted molar refractivity (Wildman–Crippen MR) is 138 cm³/mol. The number of rotatable bonds is 6. The molecule has 1 saturated heterocycles. The molecular formula is C29H36ClF2NO3. The zero-order chi connectivity index (χ0) is 26.4. The molecule has 1 unspecified atom stereocenters. The molecule has 1 aliphatic carbocycles. The average Bonchev–Trinajstić information content (AvgIpc) is 3.56. The molecule has 0 spiro atoms. The Morgan fingerprint density at radius 2 is 1.86 bits per heavy atom. The summed E-state index contributed by atoms with van der Waals surface area (Å²) in [7, 11) is 0. The van der Waals surface area contributed by atoms with Crippen LogP contribution in [-0.4, -0.2) is 35.7 Å². The Hall–Kier alpha value is -2.18. The van der Waals surface area contributed by atoms with E-state index in [1.165, 1.54) is 18.2 Å². The molecule has 2 aromatic rings. The second-order valence-corrected chi connectivity index (χ2v) is 12.4. The Morgan fingerprint density at radius 3 is 2.47 bits per heavy atom. The van der Waals surface area contributed by atoms with Gasteiger partial charge in [-0.2, -0.15) is 0 Å². The molecule has 196 valence electrons. The van der Waals surface area contributed by atoms with Gasteiger partial charge in [0.15, 0.2) is 0 Å². The van der Waals surface area contributed by atoms with Gasteiger partial charge in [-0.15, -0.1) is 0 Å². The van der Waals surface area contributed by atoms with Gasteiger partial charge in [-0.25, -0.2) is 13.6 Å². The third-order valence-corrected chi connectivity index (χ3v) is 7.17. The quantitative estimate of drug-likeness (QED) is 0.367. The van der Waals surface area contributed by atoms with Gasteiger partial charge in [0.25, 0.3) is 0 Å². The minimum Gasteiger partial charge on any atom is -0.489 e. The monoisotopic (exact) mass is 519 g/mol. The molecule has 2 aromatic carbocycles. The number of benzene rings is 2. The molecule has 0 N–H and O–H groups in total. The first-order valence-corrected chi connectivity index (χ1v) is 13.0. The highest BCUT2D eigenvalue weighted by Gasteiger charge is 2.38.